The van der Waals surface area contributed by atoms with E-state index in [1.165, 1.54) is 0 Å². The zero-order chi connectivity index (χ0) is 11.3. The van der Waals surface area contributed by atoms with Crippen molar-refractivity contribution in [3.8, 4) is 6.07 Å². The highest BCUT2D eigenvalue weighted by Crippen LogP contribution is 2.12. The highest BCUT2D eigenvalue weighted by molar-refractivity contribution is 9.10. The molecule has 0 radical (unpaired) electrons. The molecule has 0 bridgehead atoms. The van der Waals surface area contributed by atoms with Crippen molar-refractivity contribution in [1.82, 2.24) is 0 Å². The number of hydrogen-bond donors (Lipinski definition) is 1. The van der Waals surface area contributed by atoms with Gasteiger partial charge in [0.1, 0.15) is 0 Å². The first-order chi connectivity index (χ1) is 7.17. The van der Waals surface area contributed by atoms with Gasteiger partial charge in [-0.2, -0.15) is 5.26 Å². The number of amides is 1. The van der Waals surface area contributed by atoms with Gasteiger partial charge in [0.25, 0.3) is 0 Å². The van der Waals surface area contributed by atoms with Crippen LogP contribution in [0, 0.1) is 11.3 Å². The molecule has 78 valence electrons. The van der Waals surface area contributed by atoms with Crippen molar-refractivity contribution in [2.45, 2.75) is 18.2 Å². The third kappa shape index (κ3) is 3.37. The van der Waals surface area contributed by atoms with Crippen molar-refractivity contribution in [3.05, 3.63) is 29.8 Å². The molecule has 0 aliphatic carbocycles. The number of benzene rings is 1. The van der Waals surface area contributed by atoms with Gasteiger partial charge in [-0.25, -0.2) is 0 Å². The van der Waals surface area contributed by atoms with Gasteiger partial charge in [0.05, 0.1) is 16.5 Å². The first-order valence-electron chi connectivity index (χ1n) is 4.62. The van der Waals surface area contributed by atoms with Crippen molar-refractivity contribution in [1.29, 1.82) is 5.26 Å². The van der Waals surface area contributed by atoms with Gasteiger partial charge in [0, 0.05) is 5.69 Å². The van der Waals surface area contributed by atoms with Crippen LogP contribution in [0.1, 0.15) is 18.9 Å². The van der Waals surface area contributed by atoms with Crippen LogP contribution in [0.15, 0.2) is 24.3 Å². The summed E-state index contributed by atoms with van der Waals surface area (Å²) in [5.41, 5.74) is 1.19. The molecule has 0 fully saturated rings. The van der Waals surface area contributed by atoms with Gasteiger partial charge in [-0.05, 0) is 24.6 Å². The Kier molecular flexibility index (Phi) is 4.32. The van der Waals surface area contributed by atoms with Crippen molar-refractivity contribution in [2.24, 2.45) is 0 Å². The molecule has 0 saturated carbocycles. The smallest absolute Gasteiger partial charge is 0.238 e. The lowest BCUT2D eigenvalue weighted by molar-refractivity contribution is -0.115. The number of rotatable bonds is 3. The van der Waals surface area contributed by atoms with E-state index >= 15 is 0 Å². The highest BCUT2D eigenvalue weighted by atomic mass is 79.9. The fourth-order valence-electron chi connectivity index (χ4n) is 1.07. The van der Waals surface area contributed by atoms with Crippen LogP contribution in [0.5, 0.6) is 0 Å². The molecular formula is C11H11BrN2O. The molecule has 1 aromatic carbocycles. The number of halogens is 1. The van der Waals surface area contributed by atoms with Crippen LogP contribution in [0.4, 0.5) is 5.69 Å². The number of nitrogens with one attached hydrogen (secondary N) is 1. The maximum atomic E-state index is 11.5. The van der Waals surface area contributed by atoms with Crippen LogP contribution >= 0.6 is 15.9 Å². The molecule has 0 heterocycles. The lowest BCUT2D eigenvalue weighted by Gasteiger charge is -2.08. The number of hydrogen-bond acceptors (Lipinski definition) is 2. The lowest BCUT2D eigenvalue weighted by Crippen LogP contribution is -2.21. The van der Waals surface area contributed by atoms with E-state index in [0.29, 0.717) is 11.3 Å². The Balaban J connectivity index is 2.73. The Bertz CT molecular complexity index is 398. The molecule has 0 aliphatic heterocycles. The second kappa shape index (κ2) is 5.52. The third-order valence-corrected chi connectivity index (χ3v) is 2.97. The summed E-state index contributed by atoms with van der Waals surface area (Å²) in [5, 5.41) is 11.4. The predicted octanol–water partition coefficient (Wildman–Crippen LogP) is 2.67. The molecule has 1 aromatic rings. The summed E-state index contributed by atoms with van der Waals surface area (Å²) < 4.78 is 0. The first kappa shape index (κ1) is 11.7. The number of nitriles is 1. The van der Waals surface area contributed by atoms with Gasteiger partial charge in [-0.1, -0.05) is 28.9 Å². The van der Waals surface area contributed by atoms with Gasteiger partial charge < -0.3 is 5.32 Å². The number of alkyl halides is 1. The van der Waals surface area contributed by atoms with Crippen molar-refractivity contribution < 1.29 is 4.79 Å². The summed E-state index contributed by atoms with van der Waals surface area (Å²) in [7, 11) is 0. The van der Waals surface area contributed by atoms with Gasteiger partial charge >= 0.3 is 0 Å². The molecule has 0 aliphatic rings. The Morgan fingerprint density at radius 1 is 1.67 bits per heavy atom. The number of carbonyl (C=O) groups is 1. The SMILES string of the molecule is CCC(Br)C(=O)Nc1cccc(C#N)c1. The fourth-order valence-corrected chi connectivity index (χ4v) is 1.19. The first-order valence-corrected chi connectivity index (χ1v) is 5.54. The van der Waals surface area contributed by atoms with E-state index in [4.69, 9.17) is 5.26 Å². The Labute approximate surface area is 97.2 Å². The van der Waals surface area contributed by atoms with Gasteiger partial charge in [0.2, 0.25) is 5.91 Å². The molecule has 1 atom stereocenters. The van der Waals surface area contributed by atoms with E-state index in [0.717, 1.165) is 6.42 Å². The minimum absolute atomic E-state index is 0.0902. The number of carbonyl (C=O) groups excluding carboxylic acids is 1. The average molecular weight is 267 g/mol. The molecule has 1 rings (SSSR count). The molecule has 1 amide bonds. The molecule has 0 aromatic heterocycles. The van der Waals surface area contributed by atoms with Gasteiger partial charge in [0.15, 0.2) is 0 Å². The molecule has 1 N–H and O–H groups in total. The van der Waals surface area contributed by atoms with E-state index in [1.807, 2.05) is 13.0 Å². The monoisotopic (exact) mass is 266 g/mol. The van der Waals surface area contributed by atoms with Crippen LogP contribution < -0.4 is 5.32 Å². The molecule has 15 heavy (non-hydrogen) atoms. The van der Waals surface area contributed by atoms with E-state index in [2.05, 4.69) is 21.2 Å². The standard InChI is InChI=1S/C11H11BrN2O/c1-2-10(12)11(15)14-9-5-3-4-8(6-9)7-13/h3-6,10H,2H2,1H3,(H,14,15). The molecule has 0 saturated heterocycles. The average Bonchev–Trinajstić information content (AvgIpc) is 2.28. The van der Waals surface area contributed by atoms with E-state index in [-0.39, 0.29) is 10.7 Å². The minimum atomic E-state index is -0.191. The maximum absolute atomic E-state index is 11.5. The topological polar surface area (TPSA) is 52.9 Å². The Hall–Kier alpha value is -1.34. The number of anilines is 1. The minimum Gasteiger partial charge on any atom is -0.325 e. The zero-order valence-electron chi connectivity index (χ0n) is 8.33. The van der Waals surface area contributed by atoms with Crippen molar-refractivity contribution in [3.63, 3.8) is 0 Å². The quantitative estimate of drug-likeness (QED) is 0.856. The highest BCUT2D eigenvalue weighted by Gasteiger charge is 2.11. The second-order valence-corrected chi connectivity index (χ2v) is 4.16. The van der Waals surface area contributed by atoms with Crippen molar-refractivity contribution in [2.75, 3.05) is 5.32 Å². The van der Waals surface area contributed by atoms with Gasteiger partial charge in [-0.15, -0.1) is 0 Å². The summed E-state index contributed by atoms with van der Waals surface area (Å²) in [6, 6.07) is 8.86. The summed E-state index contributed by atoms with van der Waals surface area (Å²) in [6.45, 7) is 1.92. The predicted molar refractivity (Wildman–Crippen MR) is 62.8 cm³/mol. The zero-order valence-corrected chi connectivity index (χ0v) is 9.91. The summed E-state index contributed by atoms with van der Waals surface area (Å²) in [5.74, 6) is -0.0902. The summed E-state index contributed by atoms with van der Waals surface area (Å²) in [4.78, 5) is 11.3. The van der Waals surface area contributed by atoms with Crippen molar-refractivity contribution >= 4 is 27.5 Å². The molecule has 3 nitrogen and oxygen atoms in total. The Morgan fingerprint density at radius 3 is 3.00 bits per heavy atom. The van der Waals surface area contributed by atoms with E-state index < -0.39 is 0 Å². The van der Waals surface area contributed by atoms with Crippen LogP contribution in [0.25, 0.3) is 0 Å². The third-order valence-electron chi connectivity index (χ3n) is 1.90. The van der Waals surface area contributed by atoms with Gasteiger partial charge in [-0.3, -0.25) is 4.79 Å². The molecule has 4 heteroatoms. The molecule has 0 spiro atoms. The van der Waals surface area contributed by atoms with Crippen LogP contribution in [0.2, 0.25) is 0 Å². The lowest BCUT2D eigenvalue weighted by atomic mass is 10.2. The molecule has 1 unspecified atom stereocenters. The van der Waals surface area contributed by atoms with E-state index in [1.54, 1.807) is 24.3 Å². The van der Waals surface area contributed by atoms with Crippen LogP contribution in [-0.2, 0) is 4.79 Å². The number of nitrogens with zero attached hydrogens (tertiary/aromatic N) is 1. The largest absolute Gasteiger partial charge is 0.325 e. The fraction of sp³-hybridized carbons (Fsp3) is 0.273. The summed E-state index contributed by atoms with van der Waals surface area (Å²) in [6.07, 6.45) is 0.726. The van der Waals surface area contributed by atoms with Crippen LogP contribution in [0.3, 0.4) is 0 Å². The van der Waals surface area contributed by atoms with Crippen LogP contribution in [-0.4, -0.2) is 10.7 Å². The van der Waals surface area contributed by atoms with E-state index in [9.17, 15) is 4.79 Å². The Morgan fingerprint density at radius 2 is 2.40 bits per heavy atom. The second-order valence-electron chi connectivity index (χ2n) is 3.06. The maximum Gasteiger partial charge on any atom is 0.238 e. The molecular weight excluding hydrogens is 256 g/mol. The summed E-state index contributed by atoms with van der Waals surface area (Å²) >= 11 is 3.26. The normalized spacial score (nSPS) is 11.5.